The van der Waals surface area contributed by atoms with E-state index in [-0.39, 0.29) is 17.4 Å². The van der Waals surface area contributed by atoms with Crippen molar-refractivity contribution in [2.24, 2.45) is 0 Å². The molecule has 1 aliphatic rings. The Labute approximate surface area is 123 Å². The summed E-state index contributed by atoms with van der Waals surface area (Å²) in [6.45, 7) is 5.24. The zero-order valence-electron chi connectivity index (χ0n) is 12.5. The minimum Gasteiger partial charge on any atom is -0.504 e. The summed E-state index contributed by atoms with van der Waals surface area (Å²) in [5, 5.41) is 31.1. The molecule has 0 spiro atoms. The summed E-state index contributed by atoms with van der Waals surface area (Å²) >= 11 is 0. The van der Waals surface area contributed by atoms with Crippen LogP contribution in [0.2, 0.25) is 0 Å². The molecule has 3 rings (SSSR count). The van der Waals surface area contributed by atoms with Crippen molar-refractivity contribution in [2.45, 2.75) is 20.3 Å². The van der Waals surface area contributed by atoms with Crippen molar-refractivity contribution in [2.75, 3.05) is 20.1 Å². The van der Waals surface area contributed by atoms with Crippen LogP contribution in [0.1, 0.15) is 23.1 Å². The summed E-state index contributed by atoms with van der Waals surface area (Å²) < 4.78 is 0. The number of aromatic amines is 1. The fourth-order valence-corrected chi connectivity index (χ4v) is 3.05. The quantitative estimate of drug-likeness (QED) is 0.608. The molecule has 0 radical (unpaired) electrons. The first kappa shape index (κ1) is 13.8. The van der Waals surface area contributed by atoms with Gasteiger partial charge in [-0.3, -0.25) is 0 Å². The van der Waals surface area contributed by atoms with Crippen molar-refractivity contribution < 1.29 is 15.3 Å². The van der Waals surface area contributed by atoms with Crippen molar-refractivity contribution in [3.8, 4) is 17.4 Å². The van der Waals surface area contributed by atoms with Gasteiger partial charge in [-0.25, -0.2) is 0 Å². The van der Waals surface area contributed by atoms with Gasteiger partial charge in [-0.1, -0.05) is 6.08 Å². The average Bonchev–Trinajstić information content (AvgIpc) is 2.81. The molecule has 0 amide bonds. The van der Waals surface area contributed by atoms with Gasteiger partial charge in [-0.05, 0) is 32.9 Å². The van der Waals surface area contributed by atoms with Crippen LogP contribution in [0.15, 0.2) is 6.08 Å². The van der Waals surface area contributed by atoms with Crippen LogP contribution < -0.4 is 0 Å². The first-order valence-electron chi connectivity index (χ1n) is 7.05. The SMILES string of the molecule is Cc1c(O)c(O)c(C)c2c(C3=CCN(C)CC3)c(O)[nH]c12. The molecule has 5 heteroatoms. The molecule has 21 heavy (non-hydrogen) atoms. The normalized spacial score (nSPS) is 16.4. The Hall–Kier alpha value is -2.14. The molecule has 2 heterocycles. The molecule has 0 saturated carbocycles. The number of H-pyrrole nitrogens is 1. The molecule has 4 N–H and O–H groups in total. The molecule has 0 bridgehead atoms. The summed E-state index contributed by atoms with van der Waals surface area (Å²) in [6, 6.07) is 0. The molecule has 0 saturated heterocycles. The number of benzene rings is 1. The lowest BCUT2D eigenvalue weighted by atomic mass is 9.94. The van der Waals surface area contributed by atoms with Gasteiger partial charge in [0.05, 0.1) is 5.52 Å². The van der Waals surface area contributed by atoms with Gasteiger partial charge in [0.15, 0.2) is 17.4 Å². The number of phenols is 2. The Morgan fingerprint density at radius 2 is 1.76 bits per heavy atom. The fourth-order valence-electron chi connectivity index (χ4n) is 3.05. The summed E-state index contributed by atoms with van der Waals surface area (Å²) in [7, 11) is 2.06. The van der Waals surface area contributed by atoms with Crippen LogP contribution in [0.25, 0.3) is 16.5 Å². The van der Waals surface area contributed by atoms with Gasteiger partial charge in [0.2, 0.25) is 0 Å². The van der Waals surface area contributed by atoms with Crippen LogP contribution in [0, 0.1) is 13.8 Å². The second-order valence-electron chi connectivity index (χ2n) is 5.79. The van der Waals surface area contributed by atoms with E-state index < -0.39 is 0 Å². The van der Waals surface area contributed by atoms with E-state index in [1.54, 1.807) is 13.8 Å². The number of nitrogens with one attached hydrogen (secondary N) is 1. The lowest BCUT2D eigenvalue weighted by Crippen LogP contribution is -2.23. The van der Waals surface area contributed by atoms with E-state index >= 15 is 0 Å². The number of rotatable bonds is 1. The van der Waals surface area contributed by atoms with Gasteiger partial charge in [0.25, 0.3) is 0 Å². The number of aromatic nitrogens is 1. The smallest absolute Gasteiger partial charge is 0.197 e. The number of aryl methyl sites for hydroxylation is 2. The van der Waals surface area contributed by atoms with Gasteiger partial charge in [-0.15, -0.1) is 0 Å². The van der Waals surface area contributed by atoms with Crippen LogP contribution in [-0.2, 0) is 0 Å². The highest BCUT2D eigenvalue weighted by Gasteiger charge is 2.23. The van der Waals surface area contributed by atoms with Crippen LogP contribution >= 0.6 is 0 Å². The number of nitrogens with zero attached hydrogens (tertiary/aromatic N) is 1. The largest absolute Gasteiger partial charge is 0.504 e. The van der Waals surface area contributed by atoms with E-state index in [2.05, 4.69) is 23.0 Å². The molecule has 0 fully saturated rings. The van der Waals surface area contributed by atoms with Crippen molar-refractivity contribution in [1.29, 1.82) is 0 Å². The highest BCUT2D eigenvalue weighted by atomic mass is 16.3. The lowest BCUT2D eigenvalue weighted by Gasteiger charge is -2.22. The van der Waals surface area contributed by atoms with E-state index in [4.69, 9.17) is 0 Å². The van der Waals surface area contributed by atoms with Crippen molar-refractivity contribution in [1.82, 2.24) is 9.88 Å². The van der Waals surface area contributed by atoms with E-state index in [9.17, 15) is 15.3 Å². The zero-order chi connectivity index (χ0) is 15.3. The molecule has 5 nitrogen and oxygen atoms in total. The van der Waals surface area contributed by atoms with Crippen molar-refractivity contribution in [3.05, 3.63) is 22.8 Å². The first-order chi connectivity index (χ1) is 9.91. The monoisotopic (exact) mass is 288 g/mol. The predicted octanol–water partition coefficient (Wildman–Crippen LogP) is 2.62. The minimum absolute atomic E-state index is 0.0944. The number of fused-ring (bicyclic) bond motifs is 1. The van der Waals surface area contributed by atoms with E-state index in [0.29, 0.717) is 16.6 Å². The molecule has 0 atom stereocenters. The number of phenolic OH excluding ortho intramolecular Hbond substituents is 2. The first-order valence-corrected chi connectivity index (χ1v) is 7.05. The maximum Gasteiger partial charge on any atom is 0.197 e. The Bertz CT molecular complexity index is 759. The van der Waals surface area contributed by atoms with Crippen LogP contribution in [0.5, 0.6) is 17.4 Å². The summed E-state index contributed by atoms with van der Waals surface area (Å²) in [5.41, 5.74) is 3.62. The third-order valence-electron chi connectivity index (χ3n) is 4.40. The molecule has 1 aliphatic heterocycles. The topological polar surface area (TPSA) is 79.7 Å². The molecule has 1 aromatic carbocycles. The number of hydrogen-bond acceptors (Lipinski definition) is 4. The van der Waals surface area contributed by atoms with Gasteiger partial charge in [0, 0.05) is 35.2 Å². The number of hydrogen-bond donors (Lipinski definition) is 4. The fraction of sp³-hybridized carbons (Fsp3) is 0.375. The van der Waals surface area contributed by atoms with Gasteiger partial charge in [0.1, 0.15) is 0 Å². The Morgan fingerprint density at radius 1 is 1.10 bits per heavy atom. The Balaban J connectivity index is 2.32. The third kappa shape index (κ3) is 1.96. The average molecular weight is 288 g/mol. The standard InChI is InChI=1S/C16H20N2O3/c1-8-11-12(10-4-6-18(3)7-5-10)16(21)17-13(11)9(2)15(20)14(8)19/h4,17,19-21H,5-7H2,1-3H3. The van der Waals surface area contributed by atoms with Crippen LogP contribution in [0.3, 0.4) is 0 Å². The van der Waals surface area contributed by atoms with Gasteiger partial charge >= 0.3 is 0 Å². The minimum atomic E-state index is -0.134. The third-order valence-corrected chi connectivity index (χ3v) is 4.40. The van der Waals surface area contributed by atoms with Crippen molar-refractivity contribution in [3.63, 3.8) is 0 Å². The Morgan fingerprint density at radius 3 is 2.38 bits per heavy atom. The highest BCUT2D eigenvalue weighted by molar-refractivity contribution is 6.01. The van der Waals surface area contributed by atoms with Crippen molar-refractivity contribution >= 4 is 16.5 Å². The number of aromatic hydroxyl groups is 3. The molecule has 112 valence electrons. The maximum atomic E-state index is 10.3. The highest BCUT2D eigenvalue weighted by Crippen LogP contribution is 2.45. The molecular formula is C16H20N2O3. The molecule has 2 aromatic rings. The second kappa shape index (κ2) is 4.70. The van der Waals surface area contributed by atoms with Crippen LogP contribution in [-0.4, -0.2) is 45.3 Å². The van der Waals surface area contributed by atoms with Gasteiger partial charge in [-0.2, -0.15) is 0 Å². The van der Waals surface area contributed by atoms with E-state index in [1.807, 2.05) is 0 Å². The van der Waals surface area contributed by atoms with E-state index in [0.717, 1.165) is 36.0 Å². The molecule has 0 unspecified atom stereocenters. The van der Waals surface area contributed by atoms with Gasteiger partial charge < -0.3 is 25.2 Å². The lowest BCUT2D eigenvalue weighted by molar-refractivity contribution is 0.369. The second-order valence-corrected chi connectivity index (χ2v) is 5.79. The number of likely N-dealkylation sites (N-methyl/N-ethyl adjacent to an activating group) is 1. The summed E-state index contributed by atoms with van der Waals surface area (Å²) in [4.78, 5) is 5.15. The maximum absolute atomic E-state index is 10.3. The zero-order valence-corrected chi connectivity index (χ0v) is 12.5. The Kier molecular flexibility index (Phi) is 3.10. The van der Waals surface area contributed by atoms with Crippen LogP contribution in [0.4, 0.5) is 0 Å². The summed E-state index contributed by atoms with van der Waals surface area (Å²) in [6.07, 6.45) is 2.95. The summed E-state index contributed by atoms with van der Waals surface area (Å²) in [5.74, 6) is -0.157. The molecular weight excluding hydrogens is 268 g/mol. The predicted molar refractivity (Wildman–Crippen MR) is 82.9 cm³/mol. The molecule has 1 aromatic heterocycles. The molecule has 0 aliphatic carbocycles. The van der Waals surface area contributed by atoms with E-state index in [1.165, 1.54) is 0 Å².